The quantitative estimate of drug-likeness (QED) is 0.421. The van der Waals surface area contributed by atoms with E-state index in [1.165, 1.54) is 12.2 Å². The molecule has 0 bridgehead atoms. The van der Waals surface area contributed by atoms with E-state index in [0.29, 0.717) is 25.3 Å². The summed E-state index contributed by atoms with van der Waals surface area (Å²) in [5.74, 6) is -0.0975. The molecule has 0 aliphatic rings. The number of hydrogen-bond acceptors (Lipinski definition) is 6. The van der Waals surface area contributed by atoms with Crippen molar-refractivity contribution in [1.29, 1.82) is 0 Å². The van der Waals surface area contributed by atoms with Gasteiger partial charge in [-0.05, 0) is 38.5 Å². The maximum atomic E-state index is 11.4. The van der Waals surface area contributed by atoms with Gasteiger partial charge in [-0.1, -0.05) is 0 Å². The number of rotatable bonds is 9. The van der Waals surface area contributed by atoms with Crippen molar-refractivity contribution >= 4 is 23.9 Å². The highest BCUT2D eigenvalue weighted by atomic mass is 16.5. The van der Waals surface area contributed by atoms with Crippen molar-refractivity contribution in [2.45, 2.75) is 26.7 Å². The lowest BCUT2D eigenvalue weighted by atomic mass is 10.3. The highest BCUT2D eigenvalue weighted by Gasteiger charge is 2.06. The Kier molecular flexibility index (Phi) is 8.20. The number of furan rings is 1. The van der Waals surface area contributed by atoms with E-state index in [0.717, 1.165) is 5.76 Å². The molecule has 0 unspecified atom stereocenters. The van der Waals surface area contributed by atoms with Crippen LogP contribution in [0.25, 0.3) is 6.08 Å². The first-order chi connectivity index (χ1) is 11.0. The summed E-state index contributed by atoms with van der Waals surface area (Å²) in [5.41, 5.74) is 0. The Labute approximate surface area is 134 Å². The number of nitrogens with one attached hydrogen (secondary N) is 1. The maximum absolute atomic E-state index is 11.4. The van der Waals surface area contributed by atoms with E-state index in [-0.39, 0.29) is 19.0 Å². The van der Waals surface area contributed by atoms with Gasteiger partial charge >= 0.3 is 11.9 Å². The third-order valence-electron chi connectivity index (χ3n) is 2.68. The highest BCUT2D eigenvalue weighted by molar-refractivity contribution is 5.88. The second-order valence-corrected chi connectivity index (χ2v) is 4.65. The van der Waals surface area contributed by atoms with Crippen LogP contribution in [0.4, 0.5) is 0 Å². The van der Waals surface area contributed by atoms with E-state index in [1.54, 1.807) is 26.0 Å². The second kappa shape index (κ2) is 10.2. The van der Waals surface area contributed by atoms with Gasteiger partial charge in [0.2, 0.25) is 0 Å². The number of ether oxygens (including phenoxy) is 2. The molecule has 1 amide bonds. The molecule has 0 saturated carbocycles. The van der Waals surface area contributed by atoms with Crippen LogP contribution in [0.2, 0.25) is 0 Å². The Bertz CT molecular complexity index is 561. The summed E-state index contributed by atoms with van der Waals surface area (Å²) < 4.78 is 14.8. The van der Waals surface area contributed by atoms with E-state index in [2.05, 4.69) is 5.32 Å². The fourth-order valence-corrected chi connectivity index (χ4v) is 1.62. The lowest BCUT2D eigenvalue weighted by molar-refractivity contribution is -0.143. The number of hydrogen-bond donors (Lipinski definition) is 1. The van der Waals surface area contributed by atoms with Gasteiger partial charge < -0.3 is 19.2 Å². The summed E-state index contributed by atoms with van der Waals surface area (Å²) in [6.45, 7) is 3.81. The maximum Gasteiger partial charge on any atom is 0.331 e. The van der Waals surface area contributed by atoms with Crippen molar-refractivity contribution in [3.8, 4) is 0 Å². The summed E-state index contributed by atoms with van der Waals surface area (Å²) in [4.78, 5) is 33.9. The molecule has 1 rings (SSSR count). The monoisotopic (exact) mass is 323 g/mol. The average molecular weight is 323 g/mol. The zero-order chi connectivity index (χ0) is 17.1. The lowest BCUT2D eigenvalue weighted by Crippen LogP contribution is -2.29. The summed E-state index contributed by atoms with van der Waals surface area (Å²) in [5, 5.41) is 2.55. The SMILES string of the molecule is CCOC(=O)CCCNC(=O)COC(=O)C=Cc1ccc(C)o1. The van der Waals surface area contributed by atoms with Crippen LogP contribution in [0.3, 0.4) is 0 Å². The van der Waals surface area contributed by atoms with E-state index in [1.807, 2.05) is 0 Å². The smallest absolute Gasteiger partial charge is 0.331 e. The first kappa shape index (κ1) is 18.5. The number of aryl methyl sites for hydroxylation is 1. The molecule has 0 saturated heterocycles. The fourth-order valence-electron chi connectivity index (χ4n) is 1.62. The molecule has 0 aromatic carbocycles. The second-order valence-electron chi connectivity index (χ2n) is 4.65. The lowest BCUT2D eigenvalue weighted by Gasteiger charge is -2.05. The molecular weight excluding hydrogens is 302 g/mol. The molecule has 0 atom stereocenters. The Hall–Kier alpha value is -2.57. The Morgan fingerprint density at radius 2 is 2.04 bits per heavy atom. The van der Waals surface area contributed by atoms with Crippen LogP contribution < -0.4 is 5.32 Å². The molecule has 23 heavy (non-hydrogen) atoms. The number of amides is 1. The predicted molar refractivity (Wildman–Crippen MR) is 82.3 cm³/mol. The largest absolute Gasteiger partial charge is 0.466 e. The topological polar surface area (TPSA) is 94.8 Å². The number of carbonyl (C=O) groups is 3. The van der Waals surface area contributed by atoms with Gasteiger partial charge in [-0.25, -0.2) is 4.79 Å². The zero-order valence-corrected chi connectivity index (χ0v) is 13.3. The molecule has 1 N–H and O–H groups in total. The number of carbonyl (C=O) groups excluding carboxylic acids is 3. The van der Waals surface area contributed by atoms with Gasteiger partial charge in [-0.15, -0.1) is 0 Å². The molecule has 1 aromatic heterocycles. The van der Waals surface area contributed by atoms with Crippen LogP contribution in [-0.2, 0) is 23.9 Å². The van der Waals surface area contributed by atoms with E-state index < -0.39 is 11.9 Å². The minimum atomic E-state index is -0.638. The highest BCUT2D eigenvalue weighted by Crippen LogP contribution is 2.07. The minimum Gasteiger partial charge on any atom is -0.466 e. The van der Waals surface area contributed by atoms with Crippen LogP contribution in [0.1, 0.15) is 31.3 Å². The minimum absolute atomic E-state index is 0.235. The third-order valence-corrected chi connectivity index (χ3v) is 2.68. The molecule has 1 aromatic rings. The van der Waals surface area contributed by atoms with Crippen molar-refractivity contribution in [2.24, 2.45) is 0 Å². The molecule has 0 radical (unpaired) electrons. The summed E-state index contributed by atoms with van der Waals surface area (Å²) in [6, 6.07) is 3.49. The van der Waals surface area contributed by atoms with Gasteiger partial charge in [0.1, 0.15) is 11.5 Å². The first-order valence-corrected chi connectivity index (χ1v) is 7.35. The number of esters is 2. The van der Waals surface area contributed by atoms with Crippen molar-refractivity contribution in [1.82, 2.24) is 5.32 Å². The van der Waals surface area contributed by atoms with Gasteiger partial charge in [0, 0.05) is 19.0 Å². The standard InChI is InChI=1S/C16H21NO6/c1-3-21-15(19)5-4-10-17-14(18)11-22-16(20)9-8-13-7-6-12(2)23-13/h6-9H,3-5,10-11H2,1-2H3,(H,17,18). The predicted octanol–water partition coefficient (Wildman–Crippen LogP) is 1.60. The van der Waals surface area contributed by atoms with Crippen LogP contribution in [0.5, 0.6) is 0 Å². The van der Waals surface area contributed by atoms with Gasteiger partial charge in [-0.3, -0.25) is 9.59 Å². The molecule has 1 heterocycles. The average Bonchev–Trinajstić information content (AvgIpc) is 2.93. The van der Waals surface area contributed by atoms with Crippen molar-refractivity contribution in [3.05, 3.63) is 29.7 Å². The summed E-state index contributed by atoms with van der Waals surface area (Å²) in [7, 11) is 0. The summed E-state index contributed by atoms with van der Waals surface area (Å²) in [6.07, 6.45) is 3.36. The van der Waals surface area contributed by atoms with E-state index in [9.17, 15) is 14.4 Å². The van der Waals surface area contributed by atoms with Crippen molar-refractivity contribution in [2.75, 3.05) is 19.8 Å². The molecule has 0 spiro atoms. The molecule has 0 aliphatic carbocycles. The van der Waals surface area contributed by atoms with Gasteiger partial charge in [0.25, 0.3) is 5.91 Å². The van der Waals surface area contributed by atoms with Crippen LogP contribution >= 0.6 is 0 Å². The van der Waals surface area contributed by atoms with E-state index in [4.69, 9.17) is 13.9 Å². The zero-order valence-electron chi connectivity index (χ0n) is 13.3. The van der Waals surface area contributed by atoms with Crippen LogP contribution in [0, 0.1) is 6.92 Å². The molecule has 126 valence electrons. The molecule has 0 aliphatic heterocycles. The van der Waals surface area contributed by atoms with Crippen molar-refractivity contribution < 1.29 is 28.3 Å². The van der Waals surface area contributed by atoms with Crippen LogP contribution in [-0.4, -0.2) is 37.6 Å². The Balaban J connectivity index is 2.14. The normalized spacial score (nSPS) is 10.5. The van der Waals surface area contributed by atoms with Gasteiger partial charge in [0.15, 0.2) is 6.61 Å². The first-order valence-electron chi connectivity index (χ1n) is 7.35. The molecule has 7 nitrogen and oxygen atoms in total. The Morgan fingerprint density at radius 3 is 2.70 bits per heavy atom. The fraction of sp³-hybridized carbons (Fsp3) is 0.438. The van der Waals surface area contributed by atoms with Crippen LogP contribution in [0.15, 0.2) is 22.6 Å². The molecular formula is C16H21NO6. The third kappa shape index (κ3) is 8.45. The van der Waals surface area contributed by atoms with Gasteiger partial charge in [-0.2, -0.15) is 0 Å². The molecule has 0 fully saturated rings. The Morgan fingerprint density at radius 1 is 1.26 bits per heavy atom. The van der Waals surface area contributed by atoms with Crippen molar-refractivity contribution in [3.63, 3.8) is 0 Å². The summed E-state index contributed by atoms with van der Waals surface area (Å²) >= 11 is 0. The molecule has 7 heteroatoms. The van der Waals surface area contributed by atoms with Gasteiger partial charge in [0.05, 0.1) is 6.61 Å². The van der Waals surface area contributed by atoms with E-state index >= 15 is 0 Å².